The van der Waals surface area contributed by atoms with Crippen LogP contribution in [0, 0.1) is 0 Å². The van der Waals surface area contributed by atoms with Crippen LogP contribution in [-0.2, 0) is 20.8 Å². The van der Waals surface area contributed by atoms with E-state index in [1.165, 1.54) is 0 Å². The van der Waals surface area contributed by atoms with Crippen molar-refractivity contribution < 1.29 is 18.9 Å². The summed E-state index contributed by atoms with van der Waals surface area (Å²) < 4.78 is 21.4. The average molecular weight is 297 g/mol. The molecule has 1 aromatic rings. The van der Waals surface area contributed by atoms with Crippen LogP contribution in [0.1, 0.15) is 18.4 Å². The van der Waals surface area contributed by atoms with Crippen LogP contribution in [0.2, 0.25) is 0 Å². The average Bonchev–Trinajstić information content (AvgIpc) is 2.53. The Labute approximate surface area is 127 Å². The van der Waals surface area contributed by atoms with E-state index in [4.69, 9.17) is 24.7 Å². The molecule has 0 bridgehead atoms. The first-order valence-corrected chi connectivity index (χ1v) is 7.43. The zero-order chi connectivity index (χ0) is 15.2. The van der Waals surface area contributed by atoms with Crippen molar-refractivity contribution in [3.63, 3.8) is 0 Å². The molecular formula is C16H27NO4. The summed E-state index contributed by atoms with van der Waals surface area (Å²) in [6.45, 7) is 4.61. The summed E-state index contributed by atoms with van der Waals surface area (Å²) in [5, 5.41) is 0. The molecule has 0 amide bonds. The number of ether oxygens (including phenoxy) is 4. The molecule has 0 spiro atoms. The minimum atomic E-state index is 0.534. The van der Waals surface area contributed by atoms with E-state index in [0.29, 0.717) is 39.6 Å². The Balaban J connectivity index is 1.90. The number of benzene rings is 1. The zero-order valence-electron chi connectivity index (χ0n) is 12.9. The fraction of sp³-hybridized carbons (Fsp3) is 0.625. The predicted octanol–water partition coefficient (Wildman–Crippen LogP) is 1.98. The molecule has 0 aliphatic heterocycles. The molecule has 0 saturated heterocycles. The lowest BCUT2D eigenvalue weighted by Gasteiger charge is -2.08. The molecule has 0 radical (unpaired) electrons. The van der Waals surface area contributed by atoms with Gasteiger partial charge in [0.2, 0.25) is 0 Å². The van der Waals surface area contributed by atoms with E-state index in [0.717, 1.165) is 30.8 Å². The van der Waals surface area contributed by atoms with Crippen LogP contribution in [-0.4, -0.2) is 46.8 Å². The number of methoxy groups -OCH3 is 1. The van der Waals surface area contributed by atoms with Gasteiger partial charge in [0.15, 0.2) is 0 Å². The molecule has 2 N–H and O–H groups in total. The lowest BCUT2D eigenvalue weighted by molar-refractivity contribution is 0.0496. The van der Waals surface area contributed by atoms with Crippen molar-refractivity contribution in [1.82, 2.24) is 0 Å². The molecular weight excluding hydrogens is 270 g/mol. The van der Waals surface area contributed by atoms with Crippen LogP contribution < -0.4 is 10.5 Å². The highest BCUT2D eigenvalue weighted by Gasteiger charge is 1.96. The third-order valence-corrected chi connectivity index (χ3v) is 2.85. The number of hydrogen-bond donors (Lipinski definition) is 1. The Hall–Kier alpha value is -1.14. The van der Waals surface area contributed by atoms with E-state index >= 15 is 0 Å². The Morgan fingerprint density at radius 2 is 1.62 bits per heavy atom. The smallest absolute Gasteiger partial charge is 0.119 e. The lowest BCUT2D eigenvalue weighted by atomic mass is 10.2. The van der Waals surface area contributed by atoms with Gasteiger partial charge in [-0.15, -0.1) is 0 Å². The molecule has 0 fully saturated rings. The van der Waals surface area contributed by atoms with Gasteiger partial charge in [-0.1, -0.05) is 12.1 Å². The summed E-state index contributed by atoms with van der Waals surface area (Å²) in [4.78, 5) is 0. The van der Waals surface area contributed by atoms with Crippen molar-refractivity contribution in [3.05, 3.63) is 29.8 Å². The van der Waals surface area contributed by atoms with Gasteiger partial charge < -0.3 is 24.7 Å². The van der Waals surface area contributed by atoms with Gasteiger partial charge in [0, 0.05) is 39.9 Å². The maximum absolute atomic E-state index is 5.65. The van der Waals surface area contributed by atoms with Gasteiger partial charge in [-0.2, -0.15) is 0 Å². The molecule has 0 aliphatic carbocycles. The molecule has 0 saturated carbocycles. The molecule has 0 aromatic heterocycles. The molecule has 120 valence electrons. The second kappa shape index (κ2) is 12.6. The van der Waals surface area contributed by atoms with Crippen LogP contribution in [0.3, 0.4) is 0 Å². The lowest BCUT2D eigenvalue weighted by Crippen LogP contribution is -2.07. The largest absolute Gasteiger partial charge is 0.493 e. The van der Waals surface area contributed by atoms with Crippen molar-refractivity contribution in [3.8, 4) is 5.75 Å². The van der Waals surface area contributed by atoms with E-state index in [-0.39, 0.29) is 0 Å². The van der Waals surface area contributed by atoms with E-state index in [1.807, 2.05) is 24.3 Å². The second-order valence-corrected chi connectivity index (χ2v) is 4.62. The Bertz CT molecular complexity index is 360. The van der Waals surface area contributed by atoms with E-state index in [2.05, 4.69) is 0 Å². The van der Waals surface area contributed by atoms with Crippen LogP contribution >= 0.6 is 0 Å². The minimum Gasteiger partial charge on any atom is -0.493 e. The third kappa shape index (κ3) is 9.42. The molecule has 0 heterocycles. The fourth-order valence-electron chi connectivity index (χ4n) is 1.72. The zero-order valence-corrected chi connectivity index (χ0v) is 12.9. The molecule has 0 aliphatic rings. The van der Waals surface area contributed by atoms with E-state index in [1.54, 1.807) is 7.11 Å². The van der Waals surface area contributed by atoms with Gasteiger partial charge in [-0.25, -0.2) is 0 Å². The van der Waals surface area contributed by atoms with Crippen molar-refractivity contribution in [1.29, 1.82) is 0 Å². The Kier molecular flexibility index (Phi) is 10.7. The first-order valence-electron chi connectivity index (χ1n) is 7.43. The van der Waals surface area contributed by atoms with Gasteiger partial charge >= 0.3 is 0 Å². The standard InChI is InChI=1S/C16H27NO4/c1-18-11-12-20-8-3-7-19-9-4-10-21-16-6-2-5-15(13-16)14-17/h2,5-6,13H,3-4,7-12,14,17H2,1H3. The van der Waals surface area contributed by atoms with Gasteiger partial charge in [0.1, 0.15) is 5.75 Å². The SMILES string of the molecule is COCCOCCCOCCCOc1cccc(CN)c1. The van der Waals surface area contributed by atoms with E-state index in [9.17, 15) is 0 Å². The highest BCUT2D eigenvalue weighted by molar-refractivity contribution is 5.28. The predicted molar refractivity (Wildman–Crippen MR) is 82.6 cm³/mol. The van der Waals surface area contributed by atoms with Gasteiger partial charge in [0.25, 0.3) is 0 Å². The summed E-state index contributed by atoms with van der Waals surface area (Å²) in [6, 6.07) is 7.86. The summed E-state index contributed by atoms with van der Waals surface area (Å²) in [5.74, 6) is 0.865. The first kappa shape index (κ1) is 17.9. The first-order chi connectivity index (χ1) is 10.4. The molecule has 5 heteroatoms. The molecule has 1 aromatic carbocycles. The topological polar surface area (TPSA) is 62.9 Å². The van der Waals surface area contributed by atoms with Crippen molar-refractivity contribution in [2.45, 2.75) is 19.4 Å². The number of rotatable bonds is 13. The van der Waals surface area contributed by atoms with Crippen LogP contribution in [0.25, 0.3) is 0 Å². The molecule has 0 unspecified atom stereocenters. The molecule has 21 heavy (non-hydrogen) atoms. The van der Waals surface area contributed by atoms with Crippen molar-refractivity contribution >= 4 is 0 Å². The van der Waals surface area contributed by atoms with Gasteiger partial charge in [-0.05, 0) is 24.1 Å². The molecule has 1 rings (SSSR count). The number of hydrogen-bond acceptors (Lipinski definition) is 5. The quantitative estimate of drug-likeness (QED) is 0.564. The Morgan fingerprint density at radius 1 is 0.905 bits per heavy atom. The maximum Gasteiger partial charge on any atom is 0.119 e. The highest BCUT2D eigenvalue weighted by Crippen LogP contribution is 2.12. The summed E-state index contributed by atoms with van der Waals surface area (Å²) >= 11 is 0. The summed E-state index contributed by atoms with van der Waals surface area (Å²) in [7, 11) is 1.67. The second-order valence-electron chi connectivity index (χ2n) is 4.62. The van der Waals surface area contributed by atoms with Crippen LogP contribution in [0.4, 0.5) is 0 Å². The minimum absolute atomic E-state index is 0.534. The number of nitrogens with two attached hydrogens (primary N) is 1. The van der Waals surface area contributed by atoms with Crippen molar-refractivity contribution in [2.24, 2.45) is 5.73 Å². The van der Waals surface area contributed by atoms with Gasteiger partial charge in [-0.3, -0.25) is 0 Å². The van der Waals surface area contributed by atoms with Crippen LogP contribution in [0.5, 0.6) is 5.75 Å². The third-order valence-electron chi connectivity index (χ3n) is 2.85. The Morgan fingerprint density at radius 3 is 2.33 bits per heavy atom. The van der Waals surface area contributed by atoms with Crippen molar-refractivity contribution in [2.75, 3.05) is 46.8 Å². The summed E-state index contributed by atoms with van der Waals surface area (Å²) in [6.07, 6.45) is 1.78. The molecule has 0 atom stereocenters. The normalized spacial score (nSPS) is 10.8. The fourth-order valence-corrected chi connectivity index (χ4v) is 1.72. The summed E-state index contributed by atoms with van der Waals surface area (Å²) in [5.41, 5.74) is 6.67. The molecule has 5 nitrogen and oxygen atoms in total. The van der Waals surface area contributed by atoms with Gasteiger partial charge in [0.05, 0.1) is 19.8 Å². The highest BCUT2D eigenvalue weighted by atomic mass is 16.5. The van der Waals surface area contributed by atoms with Crippen LogP contribution in [0.15, 0.2) is 24.3 Å². The maximum atomic E-state index is 5.65. The monoisotopic (exact) mass is 297 g/mol. The van der Waals surface area contributed by atoms with E-state index < -0.39 is 0 Å².